The lowest BCUT2D eigenvalue weighted by molar-refractivity contribution is -0.128. The Morgan fingerprint density at radius 3 is 2.83 bits per heavy atom. The van der Waals surface area contributed by atoms with Crippen molar-refractivity contribution in [1.29, 1.82) is 0 Å². The third-order valence-corrected chi connectivity index (χ3v) is 4.64. The fourth-order valence-corrected chi connectivity index (χ4v) is 3.48. The molecule has 1 aromatic heterocycles. The van der Waals surface area contributed by atoms with E-state index in [0.29, 0.717) is 25.5 Å². The number of amides is 1. The number of likely N-dealkylation sites (tertiary alicyclic amines) is 1. The highest BCUT2D eigenvalue weighted by molar-refractivity contribution is 5.78. The summed E-state index contributed by atoms with van der Waals surface area (Å²) in [5, 5.41) is 0. The van der Waals surface area contributed by atoms with Gasteiger partial charge in [-0.25, -0.2) is 9.97 Å². The van der Waals surface area contributed by atoms with Crippen LogP contribution in [0.3, 0.4) is 0 Å². The summed E-state index contributed by atoms with van der Waals surface area (Å²) >= 11 is 0. The van der Waals surface area contributed by atoms with Gasteiger partial charge in [0.05, 0.1) is 6.61 Å². The molecule has 23 heavy (non-hydrogen) atoms. The number of hydrogen-bond donors (Lipinski definition) is 0. The first kappa shape index (κ1) is 16.2. The molecular formula is C17H26N4O2. The number of anilines is 1. The molecule has 2 fully saturated rings. The van der Waals surface area contributed by atoms with E-state index in [-0.39, 0.29) is 5.91 Å². The largest absolute Gasteiger partial charge is 0.383 e. The summed E-state index contributed by atoms with van der Waals surface area (Å²) in [6, 6.07) is 2.06. The SMILES string of the molecule is COCCN1C[C@H](Cc2cc(C)nc(N3CCCC3)n2)CC1=O. The number of methoxy groups -OCH3 is 1. The molecule has 0 bridgehead atoms. The Hall–Kier alpha value is -1.69. The average molecular weight is 318 g/mol. The molecule has 3 rings (SSSR count). The maximum atomic E-state index is 12.1. The zero-order valence-corrected chi connectivity index (χ0v) is 14.1. The van der Waals surface area contributed by atoms with Crippen LogP contribution in [0.1, 0.15) is 30.7 Å². The van der Waals surface area contributed by atoms with Crippen LogP contribution in [-0.4, -0.2) is 60.7 Å². The summed E-state index contributed by atoms with van der Waals surface area (Å²) in [4.78, 5) is 25.6. The van der Waals surface area contributed by atoms with E-state index >= 15 is 0 Å². The number of hydrogen-bond acceptors (Lipinski definition) is 5. The minimum atomic E-state index is 0.234. The highest BCUT2D eigenvalue weighted by Crippen LogP contribution is 2.23. The van der Waals surface area contributed by atoms with Crippen LogP contribution < -0.4 is 4.90 Å². The van der Waals surface area contributed by atoms with E-state index in [9.17, 15) is 4.79 Å². The first-order valence-corrected chi connectivity index (χ1v) is 8.52. The summed E-state index contributed by atoms with van der Waals surface area (Å²) in [7, 11) is 1.67. The molecule has 0 aliphatic carbocycles. The number of aromatic nitrogens is 2. The monoisotopic (exact) mass is 318 g/mol. The van der Waals surface area contributed by atoms with Crippen LogP contribution in [0.25, 0.3) is 0 Å². The Morgan fingerprint density at radius 1 is 1.30 bits per heavy atom. The maximum Gasteiger partial charge on any atom is 0.225 e. The van der Waals surface area contributed by atoms with Gasteiger partial charge in [-0.05, 0) is 38.2 Å². The van der Waals surface area contributed by atoms with Crippen molar-refractivity contribution >= 4 is 11.9 Å². The summed E-state index contributed by atoms with van der Waals surface area (Å²) in [6.45, 7) is 6.22. The van der Waals surface area contributed by atoms with Gasteiger partial charge < -0.3 is 14.5 Å². The summed E-state index contributed by atoms with van der Waals surface area (Å²) in [5.41, 5.74) is 2.07. The van der Waals surface area contributed by atoms with E-state index in [4.69, 9.17) is 9.72 Å². The van der Waals surface area contributed by atoms with Gasteiger partial charge in [0.2, 0.25) is 11.9 Å². The third-order valence-electron chi connectivity index (χ3n) is 4.64. The zero-order valence-electron chi connectivity index (χ0n) is 14.1. The lowest BCUT2D eigenvalue weighted by atomic mass is 10.0. The Bertz CT molecular complexity index is 558. The molecule has 0 aromatic carbocycles. The predicted octanol–water partition coefficient (Wildman–Crippen LogP) is 1.42. The number of nitrogens with zero attached hydrogens (tertiary/aromatic N) is 4. The molecule has 0 saturated carbocycles. The Labute approximate surface area is 137 Å². The molecule has 0 N–H and O–H groups in total. The van der Waals surface area contributed by atoms with Crippen molar-refractivity contribution in [2.24, 2.45) is 5.92 Å². The molecule has 1 aromatic rings. The van der Waals surface area contributed by atoms with E-state index in [1.165, 1.54) is 12.8 Å². The lowest BCUT2D eigenvalue weighted by Crippen LogP contribution is -2.29. The van der Waals surface area contributed by atoms with E-state index in [1.54, 1.807) is 7.11 Å². The van der Waals surface area contributed by atoms with Crippen molar-refractivity contribution in [2.45, 2.75) is 32.6 Å². The molecular weight excluding hydrogens is 292 g/mol. The first-order valence-electron chi connectivity index (χ1n) is 8.52. The second-order valence-corrected chi connectivity index (χ2v) is 6.60. The average Bonchev–Trinajstić information content (AvgIpc) is 3.15. The van der Waals surface area contributed by atoms with E-state index in [2.05, 4.69) is 16.0 Å². The van der Waals surface area contributed by atoms with Crippen molar-refractivity contribution < 1.29 is 9.53 Å². The van der Waals surface area contributed by atoms with Crippen LogP contribution in [0.5, 0.6) is 0 Å². The highest BCUT2D eigenvalue weighted by Gasteiger charge is 2.29. The van der Waals surface area contributed by atoms with Gasteiger partial charge in [-0.1, -0.05) is 0 Å². The van der Waals surface area contributed by atoms with Crippen molar-refractivity contribution in [3.05, 3.63) is 17.5 Å². The van der Waals surface area contributed by atoms with E-state index < -0.39 is 0 Å². The van der Waals surface area contributed by atoms with Crippen molar-refractivity contribution in [1.82, 2.24) is 14.9 Å². The van der Waals surface area contributed by atoms with Gasteiger partial charge in [0.15, 0.2) is 0 Å². The van der Waals surface area contributed by atoms with Crippen molar-refractivity contribution in [3.63, 3.8) is 0 Å². The van der Waals surface area contributed by atoms with Crippen molar-refractivity contribution in [3.8, 4) is 0 Å². The van der Waals surface area contributed by atoms with E-state index in [1.807, 2.05) is 11.8 Å². The molecule has 6 nitrogen and oxygen atoms in total. The zero-order chi connectivity index (χ0) is 16.2. The molecule has 0 unspecified atom stereocenters. The number of carbonyl (C=O) groups is 1. The predicted molar refractivity (Wildman–Crippen MR) is 88.5 cm³/mol. The highest BCUT2D eigenvalue weighted by atomic mass is 16.5. The third kappa shape index (κ3) is 3.99. The van der Waals surface area contributed by atoms with Gasteiger partial charge in [0.25, 0.3) is 0 Å². The van der Waals surface area contributed by atoms with Gasteiger partial charge in [0, 0.05) is 51.1 Å². The van der Waals surface area contributed by atoms with Crippen LogP contribution in [-0.2, 0) is 16.0 Å². The van der Waals surface area contributed by atoms with Crippen LogP contribution in [0.2, 0.25) is 0 Å². The molecule has 3 heterocycles. The molecule has 1 amide bonds. The molecule has 6 heteroatoms. The number of ether oxygens (including phenoxy) is 1. The van der Waals surface area contributed by atoms with Gasteiger partial charge in [0.1, 0.15) is 0 Å². The Kier molecular flexibility index (Phi) is 5.10. The molecule has 0 radical (unpaired) electrons. The number of rotatable bonds is 6. The quantitative estimate of drug-likeness (QED) is 0.794. The Morgan fingerprint density at radius 2 is 2.09 bits per heavy atom. The number of aryl methyl sites for hydroxylation is 1. The van der Waals surface area contributed by atoms with Crippen LogP contribution in [0, 0.1) is 12.8 Å². The molecule has 2 aliphatic rings. The summed E-state index contributed by atoms with van der Waals surface area (Å²) < 4.78 is 5.07. The first-order chi connectivity index (χ1) is 11.2. The minimum Gasteiger partial charge on any atom is -0.383 e. The molecule has 1 atom stereocenters. The second kappa shape index (κ2) is 7.25. The molecule has 126 valence electrons. The molecule has 2 saturated heterocycles. The smallest absolute Gasteiger partial charge is 0.225 e. The second-order valence-electron chi connectivity index (χ2n) is 6.60. The Balaban J connectivity index is 1.65. The fraction of sp³-hybridized carbons (Fsp3) is 0.706. The number of carbonyl (C=O) groups excluding carboxylic acids is 1. The lowest BCUT2D eigenvalue weighted by Gasteiger charge is -2.18. The summed E-state index contributed by atoms with van der Waals surface area (Å²) in [5.74, 6) is 1.44. The summed E-state index contributed by atoms with van der Waals surface area (Å²) in [6.07, 6.45) is 3.90. The maximum absolute atomic E-state index is 12.1. The normalized spacial score (nSPS) is 21.5. The van der Waals surface area contributed by atoms with Crippen molar-refractivity contribution in [2.75, 3.05) is 44.8 Å². The van der Waals surface area contributed by atoms with Gasteiger partial charge >= 0.3 is 0 Å². The standard InChI is InChI=1S/C17H26N4O2/c1-13-9-15(19-17(18-13)20-5-3-4-6-20)10-14-11-16(22)21(12-14)7-8-23-2/h9,14H,3-8,10-12H2,1-2H3/t14-/m1/s1. The van der Waals surface area contributed by atoms with Gasteiger partial charge in [-0.3, -0.25) is 4.79 Å². The van der Waals surface area contributed by atoms with Crippen LogP contribution in [0.15, 0.2) is 6.07 Å². The van der Waals surface area contributed by atoms with Gasteiger partial charge in [-0.15, -0.1) is 0 Å². The fourth-order valence-electron chi connectivity index (χ4n) is 3.48. The molecule has 2 aliphatic heterocycles. The topological polar surface area (TPSA) is 58.6 Å². The van der Waals surface area contributed by atoms with Crippen LogP contribution >= 0.6 is 0 Å². The van der Waals surface area contributed by atoms with Gasteiger partial charge in [-0.2, -0.15) is 0 Å². The molecule has 0 spiro atoms. The van der Waals surface area contributed by atoms with E-state index in [0.717, 1.165) is 43.4 Å². The van der Waals surface area contributed by atoms with Crippen LogP contribution in [0.4, 0.5) is 5.95 Å². The minimum absolute atomic E-state index is 0.234.